The van der Waals surface area contributed by atoms with Gasteiger partial charge in [-0.25, -0.2) is 8.42 Å². The first-order valence-electron chi connectivity index (χ1n) is 13.6. The van der Waals surface area contributed by atoms with Crippen molar-refractivity contribution in [1.82, 2.24) is 0 Å². The number of hydrogen-bond donors (Lipinski definition) is 5. The first-order chi connectivity index (χ1) is 22.3. The summed E-state index contributed by atoms with van der Waals surface area (Å²) in [5, 5.41) is 5.04. The zero-order valence-electron chi connectivity index (χ0n) is 24.5. The fourth-order valence-corrected chi connectivity index (χ4v) is 7.89. The first-order valence-corrected chi connectivity index (χ1v) is 18.4. The number of benzene rings is 4. The van der Waals surface area contributed by atoms with Gasteiger partial charge in [0.2, 0.25) is 5.91 Å². The largest absolute Gasteiger partial charge is 0.397 e. The summed E-state index contributed by atoms with van der Waals surface area (Å²) in [6.45, 7) is 1.36. The molecule has 250 valence electrons. The summed E-state index contributed by atoms with van der Waals surface area (Å²) in [5.74, 6) is -2.56. The molecule has 1 amide bonds. The monoisotopic (exact) mass is 733 g/mol. The Hall–Kier alpha value is -4.65. The molecule has 0 aliphatic heterocycles. The number of nitrogen functional groups attached to an aromatic ring is 1. The molecular formula is C30H24ClN3O11S3. The third-order valence-corrected chi connectivity index (χ3v) is 11.8. The molecule has 0 saturated heterocycles. The van der Waals surface area contributed by atoms with Gasteiger partial charge in [0.15, 0.2) is 21.4 Å². The number of nitrogens with one attached hydrogen (secondary N) is 2. The van der Waals surface area contributed by atoms with E-state index in [9.17, 15) is 48.7 Å². The van der Waals surface area contributed by atoms with Crippen molar-refractivity contribution in [3.8, 4) is 0 Å². The number of ketones is 2. The van der Waals surface area contributed by atoms with Crippen LogP contribution < -0.4 is 16.4 Å². The number of nitrogens with two attached hydrogens (primary N) is 1. The molecular weight excluding hydrogens is 710 g/mol. The number of alkyl halides is 1. The molecule has 1 aliphatic carbocycles. The summed E-state index contributed by atoms with van der Waals surface area (Å²) in [5.41, 5.74) is 3.39. The highest BCUT2D eigenvalue weighted by molar-refractivity contribution is 7.93. The van der Waals surface area contributed by atoms with E-state index in [1.54, 1.807) is 6.07 Å². The van der Waals surface area contributed by atoms with Crippen LogP contribution >= 0.6 is 11.6 Å². The second-order valence-electron chi connectivity index (χ2n) is 10.5. The lowest BCUT2D eigenvalue weighted by molar-refractivity contribution is -0.116. The Balaban J connectivity index is 1.60. The Kier molecular flexibility index (Phi) is 8.97. The Morgan fingerprint density at radius 2 is 1.31 bits per heavy atom. The Morgan fingerprint density at radius 1 is 0.771 bits per heavy atom. The van der Waals surface area contributed by atoms with Crippen molar-refractivity contribution in [3.63, 3.8) is 0 Å². The molecule has 4 aromatic rings. The molecule has 0 bridgehead atoms. The zero-order valence-corrected chi connectivity index (χ0v) is 27.7. The minimum atomic E-state index is -5.09. The average molecular weight is 734 g/mol. The van der Waals surface area contributed by atoms with Crippen LogP contribution in [0.2, 0.25) is 0 Å². The van der Waals surface area contributed by atoms with Gasteiger partial charge in [-0.05, 0) is 42.8 Å². The van der Waals surface area contributed by atoms with Crippen molar-refractivity contribution in [2.24, 2.45) is 0 Å². The summed E-state index contributed by atoms with van der Waals surface area (Å²) in [7, 11) is -14.2. The SMILES string of the molecule is Cc1c(NC(=O)CC(Cl)S(=O)(=O)c2ccccc2)cc(S(=O)(=O)O)cc1Nc1cc(S(=O)(=O)O)c(N)c2c1C(=O)c1ccccc1C2=O. The number of carbonyl (C=O) groups is 3. The standard InChI is InChI=1S/C30H24ClN3O11S3/c1-15-20(11-17(47(40,41)42)12-21(15)34-25(35)14-24(31)46(38,39)16-7-3-2-4-8-16)33-22-13-23(48(43,44)45)28(32)27-26(22)29(36)18-9-5-6-10-19(18)30(27)37/h2-13,24,33H,14,32H2,1H3,(H,34,35)(H,40,41,42)(H,43,44,45). The van der Waals surface area contributed by atoms with Gasteiger partial charge in [0.25, 0.3) is 20.2 Å². The Morgan fingerprint density at radius 3 is 1.88 bits per heavy atom. The lowest BCUT2D eigenvalue weighted by Gasteiger charge is -2.24. The molecule has 48 heavy (non-hydrogen) atoms. The van der Waals surface area contributed by atoms with Crippen LogP contribution in [0.5, 0.6) is 0 Å². The van der Waals surface area contributed by atoms with Crippen LogP contribution in [0, 0.1) is 6.92 Å². The van der Waals surface area contributed by atoms with Gasteiger partial charge in [0.1, 0.15) is 9.60 Å². The number of amides is 1. The van der Waals surface area contributed by atoms with Gasteiger partial charge in [0, 0.05) is 22.5 Å². The summed E-state index contributed by atoms with van der Waals surface area (Å²) >= 11 is 6.11. The topological polar surface area (TPSA) is 244 Å². The van der Waals surface area contributed by atoms with Gasteiger partial charge < -0.3 is 16.4 Å². The average Bonchev–Trinajstić information content (AvgIpc) is 3.01. The molecule has 4 aromatic carbocycles. The number of fused-ring (bicyclic) bond motifs is 2. The smallest absolute Gasteiger partial charge is 0.296 e. The van der Waals surface area contributed by atoms with Crippen LogP contribution in [0.4, 0.5) is 22.7 Å². The third kappa shape index (κ3) is 6.43. The van der Waals surface area contributed by atoms with Crippen molar-refractivity contribution < 1.29 is 48.7 Å². The van der Waals surface area contributed by atoms with Crippen molar-refractivity contribution in [2.75, 3.05) is 16.4 Å². The maximum absolute atomic E-state index is 13.7. The van der Waals surface area contributed by atoms with Crippen LogP contribution in [-0.2, 0) is 34.9 Å². The van der Waals surface area contributed by atoms with E-state index in [0.29, 0.717) is 0 Å². The van der Waals surface area contributed by atoms with E-state index >= 15 is 0 Å². The minimum absolute atomic E-state index is 0.0433. The van der Waals surface area contributed by atoms with Gasteiger partial charge in [-0.1, -0.05) is 42.5 Å². The third-order valence-electron chi connectivity index (χ3n) is 7.45. The lowest BCUT2D eigenvalue weighted by atomic mass is 9.82. The van der Waals surface area contributed by atoms with Crippen LogP contribution in [-0.4, -0.2) is 56.5 Å². The molecule has 18 heteroatoms. The predicted molar refractivity (Wildman–Crippen MR) is 175 cm³/mol. The normalized spacial score (nSPS) is 13.8. The zero-order chi connectivity index (χ0) is 35.3. The second kappa shape index (κ2) is 12.4. The number of anilines is 4. The highest BCUT2D eigenvalue weighted by Crippen LogP contribution is 2.41. The lowest BCUT2D eigenvalue weighted by Crippen LogP contribution is -2.25. The van der Waals surface area contributed by atoms with E-state index in [0.717, 1.165) is 18.2 Å². The Bertz CT molecular complexity index is 2380. The molecule has 1 aliphatic rings. The first kappa shape index (κ1) is 34.7. The predicted octanol–water partition coefficient (Wildman–Crippen LogP) is 3.96. The van der Waals surface area contributed by atoms with Crippen molar-refractivity contribution >= 4 is 81.9 Å². The van der Waals surface area contributed by atoms with Gasteiger partial charge in [0.05, 0.1) is 38.7 Å². The molecule has 0 saturated carbocycles. The van der Waals surface area contributed by atoms with E-state index in [1.807, 2.05) is 0 Å². The van der Waals surface area contributed by atoms with Crippen molar-refractivity contribution in [3.05, 3.63) is 101 Å². The summed E-state index contributed by atoms with van der Waals surface area (Å²) in [4.78, 5) is 38.3. The fourth-order valence-electron chi connectivity index (χ4n) is 5.06. The van der Waals surface area contributed by atoms with Crippen molar-refractivity contribution in [1.29, 1.82) is 0 Å². The molecule has 6 N–H and O–H groups in total. The highest BCUT2D eigenvalue weighted by Gasteiger charge is 2.37. The van der Waals surface area contributed by atoms with Crippen LogP contribution in [0.1, 0.15) is 43.8 Å². The van der Waals surface area contributed by atoms with E-state index in [2.05, 4.69) is 10.6 Å². The number of hydrogen-bond acceptors (Lipinski definition) is 11. The number of rotatable bonds is 9. The molecule has 0 spiro atoms. The molecule has 1 unspecified atom stereocenters. The van der Waals surface area contributed by atoms with E-state index in [4.69, 9.17) is 17.3 Å². The van der Waals surface area contributed by atoms with Gasteiger partial charge in [-0.2, -0.15) is 16.8 Å². The Labute approximate surface area is 279 Å². The molecule has 1 atom stereocenters. The highest BCUT2D eigenvalue weighted by atomic mass is 35.5. The quantitative estimate of drug-likeness (QED) is 0.0819. The summed E-state index contributed by atoms with van der Waals surface area (Å²) in [6, 6.07) is 15.3. The fraction of sp³-hybridized carbons (Fsp3) is 0.100. The van der Waals surface area contributed by atoms with E-state index < -0.39 is 91.0 Å². The number of sulfone groups is 1. The van der Waals surface area contributed by atoms with Gasteiger partial charge in [-0.3, -0.25) is 23.5 Å². The maximum Gasteiger partial charge on any atom is 0.296 e. The van der Waals surface area contributed by atoms with Gasteiger partial charge >= 0.3 is 0 Å². The molecule has 0 radical (unpaired) electrons. The number of carbonyl (C=O) groups excluding carboxylic acids is 3. The maximum atomic E-state index is 13.7. The van der Waals surface area contributed by atoms with Gasteiger partial charge in [-0.15, -0.1) is 11.6 Å². The molecule has 5 rings (SSSR count). The second-order valence-corrected chi connectivity index (χ2v) is 16.3. The van der Waals surface area contributed by atoms with Crippen molar-refractivity contribution in [2.45, 2.75) is 32.7 Å². The van der Waals surface area contributed by atoms with Crippen LogP contribution in [0.15, 0.2) is 87.5 Å². The summed E-state index contributed by atoms with van der Waals surface area (Å²) < 4.78 is 92.8. The molecule has 14 nitrogen and oxygen atoms in total. The van der Waals surface area contributed by atoms with E-state index in [1.165, 1.54) is 55.5 Å². The molecule has 0 aromatic heterocycles. The summed E-state index contributed by atoms with van der Waals surface area (Å²) in [6.07, 6.45) is -0.781. The van der Waals surface area contributed by atoms with E-state index in [-0.39, 0.29) is 33.0 Å². The number of halogens is 1. The molecule has 0 fully saturated rings. The van der Waals surface area contributed by atoms with Crippen LogP contribution in [0.25, 0.3) is 0 Å². The molecule has 0 heterocycles. The van der Waals surface area contributed by atoms with Crippen LogP contribution in [0.3, 0.4) is 0 Å². The minimum Gasteiger partial charge on any atom is -0.397 e.